The average molecular weight is 405 g/mol. The molecule has 1 aromatic heterocycles. The molecule has 1 heterocycles. The fraction of sp³-hybridized carbons (Fsp3) is 0.385. The monoisotopic (exact) mass is 404 g/mol. The van der Waals surface area contributed by atoms with Gasteiger partial charge in [0.1, 0.15) is 0 Å². The molecule has 0 saturated heterocycles. The lowest BCUT2D eigenvalue weighted by atomic mass is 9.87. The van der Waals surface area contributed by atoms with Crippen molar-refractivity contribution in [1.29, 1.82) is 0 Å². The van der Waals surface area contributed by atoms with Gasteiger partial charge in [0, 0.05) is 12.3 Å². The predicted molar refractivity (Wildman–Crippen MR) is 123 cm³/mol. The third kappa shape index (κ3) is 4.99. The molecule has 0 unspecified atom stereocenters. The van der Waals surface area contributed by atoms with Gasteiger partial charge in [-0.2, -0.15) is 0 Å². The Hall–Kier alpha value is -2.88. The molecular weight excluding hydrogens is 372 g/mol. The van der Waals surface area contributed by atoms with Crippen molar-refractivity contribution >= 4 is 0 Å². The Kier molecular flexibility index (Phi) is 5.89. The summed E-state index contributed by atoms with van der Waals surface area (Å²) in [7, 11) is 0. The molecular formula is C26H32N2O2. The molecule has 0 N–H and O–H groups in total. The van der Waals surface area contributed by atoms with E-state index in [2.05, 4.69) is 65.8 Å². The summed E-state index contributed by atoms with van der Waals surface area (Å²) < 4.78 is 2.90. The molecule has 3 rings (SSSR count). The first-order valence-corrected chi connectivity index (χ1v) is 10.4. The van der Waals surface area contributed by atoms with E-state index in [0.717, 1.165) is 11.1 Å². The molecule has 3 aromatic rings. The smallest absolute Gasteiger partial charge is 0.296 e. The van der Waals surface area contributed by atoms with Crippen molar-refractivity contribution in [1.82, 2.24) is 9.13 Å². The van der Waals surface area contributed by atoms with Crippen molar-refractivity contribution in [3.8, 4) is 0 Å². The minimum absolute atomic E-state index is 0.0668. The first-order chi connectivity index (χ1) is 13.9. The van der Waals surface area contributed by atoms with E-state index < -0.39 is 0 Å². The molecule has 4 heteroatoms. The summed E-state index contributed by atoms with van der Waals surface area (Å²) >= 11 is 0. The van der Waals surface area contributed by atoms with Crippen LogP contribution in [0.2, 0.25) is 0 Å². The maximum atomic E-state index is 13.0. The average Bonchev–Trinajstić information content (AvgIpc) is 2.67. The Bertz CT molecular complexity index is 1120. The van der Waals surface area contributed by atoms with E-state index in [1.165, 1.54) is 21.8 Å². The molecule has 0 saturated carbocycles. The summed E-state index contributed by atoms with van der Waals surface area (Å²) in [6.07, 6.45) is 1.58. The van der Waals surface area contributed by atoms with Crippen LogP contribution in [0.1, 0.15) is 63.8 Å². The zero-order chi connectivity index (χ0) is 22.1. The molecule has 0 radical (unpaired) electrons. The molecule has 158 valence electrons. The topological polar surface area (TPSA) is 44.0 Å². The van der Waals surface area contributed by atoms with Gasteiger partial charge in [-0.15, -0.1) is 0 Å². The number of hydrogen-bond donors (Lipinski definition) is 0. The number of aromatic nitrogens is 2. The number of rotatable bonds is 4. The van der Waals surface area contributed by atoms with Gasteiger partial charge in [0.15, 0.2) is 0 Å². The van der Waals surface area contributed by atoms with Gasteiger partial charge >= 0.3 is 5.69 Å². The number of nitrogens with zero attached hydrogens (tertiary/aromatic N) is 2. The van der Waals surface area contributed by atoms with Gasteiger partial charge in [-0.1, -0.05) is 90.1 Å². The van der Waals surface area contributed by atoms with Crippen molar-refractivity contribution < 1.29 is 0 Å². The Labute approximate surface area is 178 Å². The van der Waals surface area contributed by atoms with Gasteiger partial charge in [-0.25, -0.2) is 4.79 Å². The fourth-order valence-electron chi connectivity index (χ4n) is 3.42. The number of hydrogen-bond acceptors (Lipinski definition) is 2. The summed E-state index contributed by atoms with van der Waals surface area (Å²) in [5.74, 6) is 0. The minimum Gasteiger partial charge on any atom is -0.296 e. The standard InChI is InChI=1S/C26H32N2O2/c1-25(2,3)21-11-7-19(8-12-21)17-27-16-15-23(29)28(24(27)30)18-20-9-13-22(14-10-20)26(4,5)6/h7-16H,17-18H2,1-6H3. The van der Waals surface area contributed by atoms with E-state index in [-0.39, 0.29) is 28.6 Å². The second-order valence-electron chi connectivity index (χ2n) is 10.0. The van der Waals surface area contributed by atoms with Crippen LogP contribution in [0.4, 0.5) is 0 Å². The second kappa shape index (κ2) is 8.10. The molecule has 0 spiro atoms. The molecule has 0 aliphatic carbocycles. The van der Waals surface area contributed by atoms with Crippen LogP contribution < -0.4 is 11.2 Å². The Morgan fingerprint density at radius 1 is 0.633 bits per heavy atom. The van der Waals surface area contributed by atoms with Crippen LogP contribution in [-0.2, 0) is 23.9 Å². The minimum atomic E-state index is -0.290. The van der Waals surface area contributed by atoms with Gasteiger partial charge < -0.3 is 0 Å². The van der Waals surface area contributed by atoms with Crippen LogP contribution in [0.25, 0.3) is 0 Å². The van der Waals surface area contributed by atoms with E-state index in [4.69, 9.17) is 0 Å². The number of benzene rings is 2. The normalized spacial score (nSPS) is 12.2. The van der Waals surface area contributed by atoms with E-state index in [1.807, 2.05) is 24.3 Å². The van der Waals surface area contributed by atoms with Gasteiger partial charge in [0.25, 0.3) is 5.56 Å². The molecule has 0 amide bonds. The van der Waals surface area contributed by atoms with Crippen LogP contribution in [0, 0.1) is 0 Å². The molecule has 0 atom stereocenters. The predicted octanol–water partition coefficient (Wildman–Crippen LogP) is 4.70. The Morgan fingerprint density at radius 2 is 1.07 bits per heavy atom. The largest absolute Gasteiger partial charge is 0.331 e. The van der Waals surface area contributed by atoms with Gasteiger partial charge in [0.05, 0.1) is 13.1 Å². The zero-order valence-electron chi connectivity index (χ0n) is 18.9. The summed E-state index contributed by atoms with van der Waals surface area (Å²) in [5.41, 5.74) is 4.04. The highest BCUT2D eigenvalue weighted by atomic mass is 16.2. The summed E-state index contributed by atoms with van der Waals surface area (Å²) in [4.78, 5) is 25.4. The highest BCUT2D eigenvalue weighted by molar-refractivity contribution is 5.29. The maximum Gasteiger partial charge on any atom is 0.331 e. The molecule has 4 nitrogen and oxygen atoms in total. The Balaban J connectivity index is 1.85. The highest BCUT2D eigenvalue weighted by Gasteiger charge is 2.14. The summed E-state index contributed by atoms with van der Waals surface area (Å²) in [6.45, 7) is 13.7. The SMILES string of the molecule is CC(C)(C)c1ccc(Cn2ccc(=O)n(Cc3ccc(C(C)(C)C)cc3)c2=O)cc1. The third-order valence-electron chi connectivity index (χ3n) is 5.47. The van der Waals surface area contributed by atoms with E-state index in [0.29, 0.717) is 6.54 Å². The molecule has 0 fully saturated rings. The van der Waals surface area contributed by atoms with Gasteiger partial charge in [0.2, 0.25) is 0 Å². The molecule has 0 aliphatic heterocycles. The first kappa shape index (κ1) is 21.8. The quantitative estimate of drug-likeness (QED) is 0.633. The zero-order valence-corrected chi connectivity index (χ0v) is 18.9. The van der Waals surface area contributed by atoms with Crippen molar-refractivity contribution in [3.63, 3.8) is 0 Å². The van der Waals surface area contributed by atoms with Crippen LogP contribution in [0.15, 0.2) is 70.4 Å². The highest BCUT2D eigenvalue weighted by Crippen LogP contribution is 2.23. The van der Waals surface area contributed by atoms with E-state index in [9.17, 15) is 9.59 Å². The van der Waals surface area contributed by atoms with Crippen molar-refractivity contribution in [2.24, 2.45) is 0 Å². The Morgan fingerprint density at radius 3 is 1.50 bits per heavy atom. The maximum absolute atomic E-state index is 13.0. The first-order valence-electron chi connectivity index (χ1n) is 10.4. The molecule has 0 aliphatic rings. The van der Waals surface area contributed by atoms with E-state index in [1.54, 1.807) is 10.8 Å². The van der Waals surface area contributed by atoms with E-state index >= 15 is 0 Å². The van der Waals surface area contributed by atoms with Crippen molar-refractivity contribution in [2.75, 3.05) is 0 Å². The van der Waals surface area contributed by atoms with Gasteiger partial charge in [-0.3, -0.25) is 13.9 Å². The lowest BCUT2D eigenvalue weighted by Gasteiger charge is -2.19. The summed E-state index contributed by atoms with van der Waals surface area (Å²) in [6, 6.07) is 17.9. The molecule has 0 bridgehead atoms. The molecule has 2 aromatic carbocycles. The van der Waals surface area contributed by atoms with Crippen molar-refractivity contribution in [2.45, 2.75) is 65.5 Å². The van der Waals surface area contributed by atoms with Crippen LogP contribution >= 0.6 is 0 Å². The van der Waals surface area contributed by atoms with Gasteiger partial charge in [-0.05, 0) is 33.1 Å². The third-order valence-corrected chi connectivity index (χ3v) is 5.47. The lowest BCUT2D eigenvalue weighted by Crippen LogP contribution is -2.39. The fourth-order valence-corrected chi connectivity index (χ4v) is 3.42. The van der Waals surface area contributed by atoms with Crippen LogP contribution in [-0.4, -0.2) is 9.13 Å². The molecule has 30 heavy (non-hydrogen) atoms. The van der Waals surface area contributed by atoms with Crippen LogP contribution in [0.5, 0.6) is 0 Å². The lowest BCUT2D eigenvalue weighted by molar-refractivity contribution is 0.587. The summed E-state index contributed by atoms with van der Waals surface area (Å²) in [5, 5.41) is 0. The van der Waals surface area contributed by atoms with Crippen LogP contribution in [0.3, 0.4) is 0 Å². The second-order valence-corrected chi connectivity index (χ2v) is 10.0. The van der Waals surface area contributed by atoms with Crippen molar-refractivity contribution in [3.05, 3.63) is 104 Å².